The number of carbonyl (C=O) groups is 2. The minimum atomic E-state index is -0.605. The van der Waals surface area contributed by atoms with Crippen LogP contribution in [0.1, 0.15) is 30.8 Å². The summed E-state index contributed by atoms with van der Waals surface area (Å²) in [6.45, 7) is 8.15. The van der Waals surface area contributed by atoms with Gasteiger partial charge < -0.3 is 14.0 Å². The van der Waals surface area contributed by atoms with Gasteiger partial charge in [-0.05, 0) is 93.9 Å². The second-order valence-corrected chi connectivity index (χ2v) is 8.22. The zero-order chi connectivity index (χ0) is 25.3. The molecule has 1 amide bonds. The van der Waals surface area contributed by atoms with E-state index in [4.69, 9.17) is 9.47 Å². The number of esters is 1. The van der Waals surface area contributed by atoms with Crippen LogP contribution in [0.25, 0.3) is 11.8 Å². The highest BCUT2D eigenvalue weighted by Crippen LogP contribution is 2.36. The van der Waals surface area contributed by atoms with Crippen LogP contribution in [0.3, 0.4) is 0 Å². The summed E-state index contributed by atoms with van der Waals surface area (Å²) >= 11 is 0. The van der Waals surface area contributed by atoms with Crippen LogP contribution in [-0.2, 0) is 14.3 Å². The normalized spacial score (nSPS) is 14.7. The molecule has 2 aromatic carbocycles. The summed E-state index contributed by atoms with van der Waals surface area (Å²) in [5, 5.41) is 0. The molecule has 7 heteroatoms. The maximum Gasteiger partial charge on any atom is 0.340 e. The molecule has 0 unspecified atom stereocenters. The van der Waals surface area contributed by atoms with Crippen LogP contribution in [-0.4, -0.2) is 30.2 Å². The van der Waals surface area contributed by atoms with Crippen LogP contribution in [0.4, 0.5) is 10.1 Å². The number of hydrogen-bond donors (Lipinski definition) is 0. The first-order valence-electron chi connectivity index (χ1n) is 11.3. The molecule has 35 heavy (non-hydrogen) atoms. The molecular weight excluding hydrogens is 447 g/mol. The summed E-state index contributed by atoms with van der Waals surface area (Å²) in [4.78, 5) is 27.6. The van der Waals surface area contributed by atoms with Crippen molar-refractivity contribution in [2.45, 2.75) is 27.7 Å². The van der Waals surface area contributed by atoms with Crippen molar-refractivity contribution in [2.75, 3.05) is 18.6 Å². The lowest BCUT2D eigenvalue weighted by molar-refractivity contribution is -0.136. The van der Waals surface area contributed by atoms with E-state index in [2.05, 4.69) is 4.57 Å². The Labute approximate surface area is 203 Å². The number of halogens is 1. The van der Waals surface area contributed by atoms with Gasteiger partial charge in [0.05, 0.1) is 24.9 Å². The summed E-state index contributed by atoms with van der Waals surface area (Å²) < 4.78 is 26.1. The molecule has 0 atom stereocenters. The van der Waals surface area contributed by atoms with Crippen molar-refractivity contribution in [1.82, 2.24) is 4.57 Å². The van der Waals surface area contributed by atoms with Crippen LogP contribution < -0.4 is 9.64 Å². The Bertz CT molecular complexity index is 1350. The van der Waals surface area contributed by atoms with E-state index in [9.17, 15) is 14.0 Å². The number of carbonyl (C=O) groups excluding carboxylic acids is 2. The summed E-state index contributed by atoms with van der Waals surface area (Å²) in [5.74, 6) is -0.595. The average Bonchev–Trinajstić information content (AvgIpc) is 3.26. The Morgan fingerprint density at radius 1 is 1.00 bits per heavy atom. The predicted molar refractivity (Wildman–Crippen MR) is 133 cm³/mol. The van der Waals surface area contributed by atoms with Crippen molar-refractivity contribution in [3.63, 3.8) is 0 Å². The van der Waals surface area contributed by atoms with Crippen molar-refractivity contribution < 1.29 is 23.5 Å². The van der Waals surface area contributed by atoms with Crippen molar-refractivity contribution in [1.29, 1.82) is 0 Å². The third-order valence-corrected chi connectivity index (χ3v) is 6.05. The Hall–Kier alpha value is -4.13. The molecule has 2 heterocycles. The third kappa shape index (κ3) is 4.37. The van der Waals surface area contributed by atoms with E-state index in [1.165, 1.54) is 36.3 Å². The van der Waals surface area contributed by atoms with E-state index in [0.717, 1.165) is 28.4 Å². The molecule has 0 N–H and O–H groups in total. The van der Waals surface area contributed by atoms with Gasteiger partial charge in [-0.1, -0.05) is 0 Å². The van der Waals surface area contributed by atoms with Crippen LogP contribution in [0, 0.1) is 19.7 Å². The lowest BCUT2D eigenvalue weighted by Crippen LogP contribution is -2.24. The Balaban J connectivity index is 1.79. The van der Waals surface area contributed by atoms with Crippen molar-refractivity contribution in [2.24, 2.45) is 0 Å². The van der Waals surface area contributed by atoms with E-state index in [-0.39, 0.29) is 17.1 Å². The van der Waals surface area contributed by atoms with Crippen LogP contribution in [0.5, 0.6) is 5.75 Å². The maximum absolute atomic E-state index is 13.5. The van der Waals surface area contributed by atoms with Gasteiger partial charge in [0, 0.05) is 28.5 Å². The molecule has 0 aliphatic carbocycles. The molecule has 0 bridgehead atoms. The van der Waals surface area contributed by atoms with E-state index in [0.29, 0.717) is 18.0 Å². The van der Waals surface area contributed by atoms with Gasteiger partial charge in [-0.3, -0.25) is 9.69 Å². The molecule has 3 aromatic rings. The maximum atomic E-state index is 13.5. The summed E-state index contributed by atoms with van der Waals surface area (Å²) in [6, 6.07) is 15.3. The van der Waals surface area contributed by atoms with Crippen LogP contribution >= 0.6 is 0 Å². The molecule has 0 saturated carbocycles. The fraction of sp³-hybridized carbons (Fsp3) is 0.214. The topological polar surface area (TPSA) is 60.8 Å². The smallest absolute Gasteiger partial charge is 0.340 e. The molecule has 6 nitrogen and oxygen atoms in total. The number of nitrogens with zero attached hydrogens (tertiary/aromatic N) is 2. The number of rotatable bonds is 6. The summed E-state index contributed by atoms with van der Waals surface area (Å²) in [5.41, 5.74) is 4.96. The highest BCUT2D eigenvalue weighted by Gasteiger charge is 2.38. The largest absolute Gasteiger partial charge is 0.494 e. The minimum Gasteiger partial charge on any atom is -0.494 e. The summed E-state index contributed by atoms with van der Waals surface area (Å²) in [7, 11) is 1.28. The average molecular weight is 475 g/mol. The van der Waals surface area contributed by atoms with Gasteiger partial charge in [0.25, 0.3) is 5.91 Å². The monoisotopic (exact) mass is 474 g/mol. The van der Waals surface area contributed by atoms with Gasteiger partial charge in [0.15, 0.2) is 0 Å². The molecule has 1 aromatic heterocycles. The van der Waals surface area contributed by atoms with Gasteiger partial charge in [0.1, 0.15) is 11.6 Å². The zero-order valence-corrected chi connectivity index (χ0v) is 20.4. The number of benzene rings is 2. The van der Waals surface area contributed by atoms with E-state index < -0.39 is 11.8 Å². The Kier molecular flexibility index (Phi) is 6.60. The van der Waals surface area contributed by atoms with Crippen molar-refractivity contribution >= 4 is 23.6 Å². The molecule has 4 rings (SSSR count). The number of aromatic nitrogens is 1. The molecule has 0 spiro atoms. The van der Waals surface area contributed by atoms with E-state index in [1.807, 2.05) is 51.1 Å². The van der Waals surface area contributed by atoms with Crippen molar-refractivity contribution in [3.05, 3.63) is 94.2 Å². The first kappa shape index (κ1) is 24.0. The Morgan fingerprint density at radius 2 is 1.63 bits per heavy atom. The number of allylic oxidation sites excluding steroid dienone is 1. The number of anilines is 1. The molecular formula is C28H27FN2O4. The number of amides is 1. The molecule has 1 aliphatic heterocycles. The van der Waals surface area contributed by atoms with Gasteiger partial charge >= 0.3 is 5.97 Å². The van der Waals surface area contributed by atoms with Gasteiger partial charge in [-0.15, -0.1) is 0 Å². The number of aryl methyl sites for hydroxylation is 1. The first-order chi connectivity index (χ1) is 16.8. The highest BCUT2D eigenvalue weighted by atomic mass is 19.1. The summed E-state index contributed by atoms with van der Waals surface area (Å²) in [6.07, 6.45) is 1.72. The Morgan fingerprint density at radius 3 is 2.23 bits per heavy atom. The third-order valence-electron chi connectivity index (χ3n) is 6.05. The molecule has 0 saturated heterocycles. The zero-order valence-electron chi connectivity index (χ0n) is 20.4. The van der Waals surface area contributed by atoms with E-state index >= 15 is 0 Å². The fourth-order valence-electron chi connectivity index (χ4n) is 4.43. The van der Waals surface area contributed by atoms with Crippen molar-refractivity contribution in [3.8, 4) is 11.4 Å². The van der Waals surface area contributed by atoms with E-state index in [1.54, 1.807) is 13.0 Å². The minimum absolute atomic E-state index is 0.188. The lowest BCUT2D eigenvalue weighted by atomic mass is 10.0. The predicted octanol–water partition coefficient (Wildman–Crippen LogP) is 5.51. The molecule has 0 fully saturated rings. The standard InChI is InChI=1S/C28H27FN2O4/c1-6-35-24-13-11-22(12-14-24)30-17(2)15-20(18(30)3)16-25-26(28(33)34-5)19(4)31(27(25)32)23-9-7-21(29)8-10-23/h7-16H,6H2,1-5H3/b25-16-. The lowest BCUT2D eigenvalue weighted by Gasteiger charge is -2.17. The van der Waals surface area contributed by atoms with Gasteiger partial charge in [0.2, 0.25) is 0 Å². The number of hydrogen-bond acceptors (Lipinski definition) is 4. The second-order valence-electron chi connectivity index (χ2n) is 8.22. The highest BCUT2D eigenvalue weighted by molar-refractivity contribution is 6.23. The molecule has 180 valence electrons. The van der Waals surface area contributed by atoms with Crippen LogP contribution in [0.15, 0.2) is 71.4 Å². The second kappa shape index (κ2) is 9.62. The fourth-order valence-corrected chi connectivity index (χ4v) is 4.43. The van der Waals surface area contributed by atoms with Crippen LogP contribution in [0.2, 0.25) is 0 Å². The first-order valence-corrected chi connectivity index (χ1v) is 11.3. The SMILES string of the molecule is CCOc1ccc(-n2c(C)cc(/C=C3\C(=O)N(c4ccc(F)cc4)C(C)=C3C(=O)OC)c2C)cc1. The van der Waals surface area contributed by atoms with Gasteiger partial charge in [-0.2, -0.15) is 0 Å². The number of methoxy groups -OCH3 is 1. The quantitative estimate of drug-likeness (QED) is 0.349. The molecule has 0 radical (unpaired) electrons. The molecule has 1 aliphatic rings. The van der Waals surface area contributed by atoms with Gasteiger partial charge in [-0.25, -0.2) is 9.18 Å². The number of ether oxygens (including phenoxy) is 2.